The molecule has 2 aromatic carbocycles. The zero-order valence-corrected chi connectivity index (χ0v) is 17.3. The lowest BCUT2D eigenvalue weighted by molar-refractivity contribution is -0.115. The van der Waals surface area contributed by atoms with Crippen LogP contribution in [0.15, 0.2) is 48.8 Å². The first-order valence-corrected chi connectivity index (χ1v) is 10.6. The zero-order chi connectivity index (χ0) is 21.7. The van der Waals surface area contributed by atoms with Crippen molar-refractivity contribution in [3.8, 4) is 17.2 Å². The number of fused-ring (bicyclic) bond motifs is 4. The number of aryl methyl sites for hydroxylation is 1. The molecule has 2 aromatic heterocycles. The van der Waals surface area contributed by atoms with Gasteiger partial charge in [-0.2, -0.15) is 0 Å². The molecule has 8 nitrogen and oxygen atoms in total. The van der Waals surface area contributed by atoms with Crippen LogP contribution in [0, 0.1) is 0 Å². The van der Waals surface area contributed by atoms with Gasteiger partial charge in [0.25, 0.3) is 0 Å². The van der Waals surface area contributed by atoms with E-state index < -0.39 is 0 Å². The van der Waals surface area contributed by atoms with Crippen LogP contribution in [-0.2, 0) is 24.1 Å². The summed E-state index contributed by atoms with van der Waals surface area (Å²) in [5.74, 6) is 1.77. The molecule has 2 aliphatic rings. The van der Waals surface area contributed by atoms with Gasteiger partial charge < -0.3 is 25.1 Å². The molecule has 0 saturated heterocycles. The Bertz CT molecular complexity index is 1360. The Morgan fingerprint density at radius 3 is 2.78 bits per heavy atom. The van der Waals surface area contributed by atoms with E-state index in [2.05, 4.69) is 19.9 Å². The van der Waals surface area contributed by atoms with Gasteiger partial charge in [-0.3, -0.25) is 4.79 Å². The van der Waals surface area contributed by atoms with E-state index in [1.54, 1.807) is 0 Å². The number of aromatic nitrogens is 3. The number of nitrogens with two attached hydrogens (primary N) is 1. The summed E-state index contributed by atoms with van der Waals surface area (Å²) in [7, 11) is 0. The highest BCUT2D eigenvalue weighted by molar-refractivity contribution is 5.93. The van der Waals surface area contributed by atoms with E-state index >= 15 is 0 Å². The molecule has 1 aliphatic carbocycles. The predicted octanol–water partition coefficient (Wildman–Crippen LogP) is 3.40. The Balaban J connectivity index is 1.24. The summed E-state index contributed by atoms with van der Waals surface area (Å²) in [5, 5.41) is 2.96. The van der Waals surface area contributed by atoms with Crippen LogP contribution in [0.4, 0.5) is 11.5 Å². The zero-order valence-electron chi connectivity index (χ0n) is 17.3. The molecule has 0 fully saturated rings. The molecular formula is C24H21N5O3. The lowest BCUT2D eigenvalue weighted by Crippen LogP contribution is -2.14. The Morgan fingerprint density at radius 1 is 1.06 bits per heavy atom. The molecule has 32 heavy (non-hydrogen) atoms. The number of nitrogens with zero attached hydrogens (tertiary/aromatic N) is 3. The second kappa shape index (κ2) is 7.26. The van der Waals surface area contributed by atoms with E-state index in [1.165, 1.54) is 17.6 Å². The van der Waals surface area contributed by atoms with Crippen LogP contribution in [-0.4, -0.2) is 27.2 Å². The second-order valence-corrected chi connectivity index (χ2v) is 8.03. The van der Waals surface area contributed by atoms with Crippen molar-refractivity contribution in [3.63, 3.8) is 0 Å². The Kier molecular flexibility index (Phi) is 4.24. The van der Waals surface area contributed by atoms with Crippen molar-refractivity contribution in [1.29, 1.82) is 0 Å². The molecule has 6 rings (SSSR count). The van der Waals surface area contributed by atoms with Crippen molar-refractivity contribution in [2.75, 3.05) is 17.8 Å². The van der Waals surface area contributed by atoms with Crippen molar-refractivity contribution < 1.29 is 14.3 Å². The van der Waals surface area contributed by atoms with Gasteiger partial charge in [0.1, 0.15) is 11.8 Å². The summed E-state index contributed by atoms with van der Waals surface area (Å²) < 4.78 is 12.9. The van der Waals surface area contributed by atoms with Crippen LogP contribution in [0.3, 0.4) is 0 Å². The van der Waals surface area contributed by atoms with Gasteiger partial charge in [-0.15, -0.1) is 0 Å². The van der Waals surface area contributed by atoms with Crippen molar-refractivity contribution >= 4 is 28.4 Å². The summed E-state index contributed by atoms with van der Waals surface area (Å²) in [6.45, 7) is 0.217. The van der Waals surface area contributed by atoms with Gasteiger partial charge in [-0.1, -0.05) is 6.07 Å². The third-order valence-corrected chi connectivity index (χ3v) is 6.03. The Labute approximate surface area is 184 Å². The lowest BCUT2D eigenvalue weighted by Gasteiger charge is -2.12. The number of nitrogens with one attached hydrogen (secondary N) is 1. The van der Waals surface area contributed by atoms with Crippen LogP contribution in [0.1, 0.15) is 23.2 Å². The fourth-order valence-corrected chi connectivity index (χ4v) is 4.62. The molecule has 8 heteroatoms. The molecule has 0 unspecified atom stereocenters. The van der Waals surface area contributed by atoms with E-state index in [0.29, 0.717) is 17.3 Å². The van der Waals surface area contributed by atoms with Crippen LogP contribution >= 0.6 is 0 Å². The topological polar surface area (TPSA) is 104 Å². The number of benzene rings is 2. The maximum absolute atomic E-state index is 12.5. The van der Waals surface area contributed by atoms with Gasteiger partial charge in [-0.05, 0) is 66.8 Å². The predicted molar refractivity (Wildman–Crippen MR) is 120 cm³/mol. The minimum absolute atomic E-state index is 0.0958. The third kappa shape index (κ3) is 3.03. The summed E-state index contributed by atoms with van der Waals surface area (Å²) in [6, 6.07) is 13.3. The molecule has 0 spiro atoms. The number of hydrogen-bond acceptors (Lipinski definition) is 6. The van der Waals surface area contributed by atoms with Crippen molar-refractivity contribution in [2.45, 2.75) is 25.7 Å². The van der Waals surface area contributed by atoms with Crippen molar-refractivity contribution in [2.24, 2.45) is 0 Å². The number of rotatable bonds is 4. The molecule has 0 bridgehead atoms. The summed E-state index contributed by atoms with van der Waals surface area (Å²) in [6.07, 6.45) is 4.88. The fourth-order valence-electron chi connectivity index (χ4n) is 4.62. The summed E-state index contributed by atoms with van der Waals surface area (Å²) >= 11 is 0. The lowest BCUT2D eigenvalue weighted by atomic mass is 10.1. The fraction of sp³-hybridized carbons (Fsp3) is 0.208. The smallest absolute Gasteiger partial charge is 0.231 e. The SMILES string of the molecule is Nc1ncnc2c3c(n(-c4ccc(NC(=O)Cc5ccc6c(c5)OCO6)cc4)c12)CCC3. The molecule has 3 heterocycles. The number of hydrogen-bond donors (Lipinski definition) is 2. The third-order valence-electron chi connectivity index (χ3n) is 6.03. The summed E-state index contributed by atoms with van der Waals surface area (Å²) in [5.41, 5.74) is 13.1. The first kappa shape index (κ1) is 18.7. The average Bonchev–Trinajstić information content (AvgIpc) is 3.50. The van der Waals surface area contributed by atoms with Crippen LogP contribution in [0.5, 0.6) is 11.5 Å². The number of anilines is 2. The van der Waals surface area contributed by atoms with Crippen LogP contribution in [0.2, 0.25) is 0 Å². The molecule has 0 atom stereocenters. The highest BCUT2D eigenvalue weighted by Gasteiger charge is 2.25. The number of carbonyl (C=O) groups is 1. The van der Waals surface area contributed by atoms with Crippen molar-refractivity contribution in [1.82, 2.24) is 14.5 Å². The average molecular weight is 427 g/mol. The number of nitrogen functional groups attached to an aromatic ring is 1. The number of carbonyl (C=O) groups excluding carboxylic acids is 1. The molecule has 0 saturated carbocycles. The standard InChI is InChI=1S/C24H21N5O3/c25-24-23-22(26-12-27-24)17-2-1-3-18(17)29(23)16-7-5-15(6-8-16)28-21(30)11-14-4-9-19-20(10-14)32-13-31-19/h4-10,12H,1-3,11,13H2,(H,28,30)(H2,25,26,27). The molecule has 4 aromatic rings. The monoisotopic (exact) mass is 427 g/mol. The minimum Gasteiger partial charge on any atom is -0.454 e. The maximum atomic E-state index is 12.5. The van der Waals surface area contributed by atoms with E-state index in [4.69, 9.17) is 15.2 Å². The van der Waals surface area contributed by atoms with E-state index in [-0.39, 0.29) is 19.1 Å². The van der Waals surface area contributed by atoms with Gasteiger partial charge >= 0.3 is 0 Å². The summed E-state index contributed by atoms with van der Waals surface area (Å²) in [4.78, 5) is 21.2. The van der Waals surface area contributed by atoms with Gasteiger partial charge in [0, 0.05) is 17.1 Å². The quantitative estimate of drug-likeness (QED) is 0.517. The van der Waals surface area contributed by atoms with E-state index in [0.717, 1.165) is 47.2 Å². The van der Waals surface area contributed by atoms with E-state index in [1.807, 2.05) is 42.5 Å². The first-order chi connectivity index (χ1) is 15.7. The first-order valence-electron chi connectivity index (χ1n) is 10.6. The Hall–Kier alpha value is -4.07. The molecule has 1 amide bonds. The van der Waals surface area contributed by atoms with Gasteiger partial charge in [0.2, 0.25) is 12.7 Å². The molecule has 3 N–H and O–H groups in total. The number of amides is 1. The number of ether oxygens (including phenoxy) is 2. The van der Waals surface area contributed by atoms with Gasteiger partial charge in [0.05, 0.1) is 11.9 Å². The molecule has 0 radical (unpaired) electrons. The molecule has 160 valence electrons. The minimum atomic E-state index is -0.0958. The van der Waals surface area contributed by atoms with Crippen LogP contribution in [0.25, 0.3) is 16.7 Å². The van der Waals surface area contributed by atoms with Crippen molar-refractivity contribution in [3.05, 3.63) is 65.6 Å². The highest BCUT2D eigenvalue weighted by Crippen LogP contribution is 2.36. The highest BCUT2D eigenvalue weighted by atomic mass is 16.7. The maximum Gasteiger partial charge on any atom is 0.231 e. The molecule has 1 aliphatic heterocycles. The van der Waals surface area contributed by atoms with Gasteiger partial charge in [-0.25, -0.2) is 9.97 Å². The van der Waals surface area contributed by atoms with Gasteiger partial charge in [0.15, 0.2) is 17.3 Å². The second-order valence-electron chi connectivity index (χ2n) is 8.03. The normalized spacial score (nSPS) is 14.0. The Morgan fingerprint density at radius 2 is 1.91 bits per heavy atom. The molecular weight excluding hydrogens is 406 g/mol. The van der Waals surface area contributed by atoms with Crippen LogP contribution < -0.4 is 20.5 Å². The largest absolute Gasteiger partial charge is 0.454 e. The van der Waals surface area contributed by atoms with E-state index in [9.17, 15) is 4.79 Å².